The van der Waals surface area contributed by atoms with Gasteiger partial charge in [0.1, 0.15) is 6.61 Å². The van der Waals surface area contributed by atoms with E-state index in [2.05, 4.69) is 17.1 Å². The minimum Gasteiger partial charge on any atom is -0.370 e. The first kappa shape index (κ1) is 13.4. The summed E-state index contributed by atoms with van der Waals surface area (Å²) >= 11 is 0. The second-order valence-electron chi connectivity index (χ2n) is 4.24. The molecule has 0 aromatic carbocycles. The molecule has 94 valence electrons. The molecule has 1 amide bonds. The minimum absolute atomic E-state index is 0.0560. The van der Waals surface area contributed by atoms with Gasteiger partial charge in [0, 0.05) is 19.1 Å². The van der Waals surface area contributed by atoms with Gasteiger partial charge in [0.05, 0.1) is 6.61 Å². The van der Waals surface area contributed by atoms with Crippen LogP contribution in [0.5, 0.6) is 0 Å². The summed E-state index contributed by atoms with van der Waals surface area (Å²) in [5.74, 6) is -0.0560. The number of rotatable bonds is 7. The number of nitrogens with one attached hydrogen (secondary N) is 1. The van der Waals surface area contributed by atoms with Crippen LogP contribution in [0, 0.1) is 0 Å². The van der Waals surface area contributed by atoms with E-state index in [0.717, 1.165) is 13.1 Å². The minimum atomic E-state index is -0.0560. The van der Waals surface area contributed by atoms with Crippen LogP contribution in [-0.2, 0) is 9.53 Å². The molecule has 0 spiro atoms. The van der Waals surface area contributed by atoms with Crippen LogP contribution in [0.4, 0.5) is 0 Å². The van der Waals surface area contributed by atoms with Gasteiger partial charge in [-0.2, -0.15) is 0 Å². The van der Waals surface area contributed by atoms with Crippen molar-refractivity contribution in [1.29, 1.82) is 0 Å². The SMILES string of the molecule is CC(CNC(=O)COCCN)N1CCCC1. The Morgan fingerprint density at radius 3 is 2.81 bits per heavy atom. The molecule has 0 radical (unpaired) electrons. The number of nitrogens with two attached hydrogens (primary N) is 1. The van der Waals surface area contributed by atoms with Gasteiger partial charge in [0.2, 0.25) is 5.91 Å². The van der Waals surface area contributed by atoms with E-state index in [1.165, 1.54) is 12.8 Å². The van der Waals surface area contributed by atoms with E-state index in [1.54, 1.807) is 0 Å². The van der Waals surface area contributed by atoms with Crippen molar-refractivity contribution in [3.05, 3.63) is 0 Å². The second-order valence-corrected chi connectivity index (χ2v) is 4.24. The number of likely N-dealkylation sites (tertiary alicyclic amines) is 1. The van der Waals surface area contributed by atoms with Crippen molar-refractivity contribution in [2.24, 2.45) is 5.73 Å². The molecule has 5 heteroatoms. The molecule has 0 saturated carbocycles. The molecule has 0 aromatic heterocycles. The Bertz CT molecular complexity index is 205. The van der Waals surface area contributed by atoms with Gasteiger partial charge in [-0.3, -0.25) is 9.69 Å². The Kier molecular flexibility index (Phi) is 6.37. The molecule has 0 bridgehead atoms. The summed E-state index contributed by atoms with van der Waals surface area (Å²) in [7, 11) is 0. The monoisotopic (exact) mass is 229 g/mol. The normalized spacial score (nSPS) is 18.6. The zero-order valence-electron chi connectivity index (χ0n) is 10.1. The van der Waals surface area contributed by atoms with E-state index in [-0.39, 0.29) is 12.5 Å². The summed E-state index contributed by atoms with van der Waals surface area (Å²) in [6.45, 7) is 6.16. The van der Waals surface area contributed by atoms with Crippen molar-refractivity contribution in [3.8, 4) is 0 Å². The maximum Gasteiger partial charge on any atom is 0.246 e. The topological polar surface area (TPSA) is 67.6 Å². The number of carbonyl (C=O) groups is 1. The van der Waals surface area contributed by atoms with Crippen LogP contribution < -0.4 is 11.1 Å². The van der Waals surface area contributed by atoms with Crippen molar-refractivity contribution < 1.29 is 9.53 Å². The molecule has 1 unspecified atom stereocenters. The fourth-order valence-electron chi connectivity index (χ4n) is 1.87. The molecule has 1 atom stereocenters. The van der Waals surface area contributed by atoms with Crippen LogP contribution in [0.15, 0.2) is 0 Å². The summed E-state index contributed by atoms with van der Waals surface area (Å²) in [5, 5.41) is 2.87. The summed E-state index contributed by atoms with van der Waals surface area (Å²) in [6, 6.07) is 0.418. The molecule has 1 heterocycles. The van der Waals surface area contributed by atoms with Crippen molar-refractivity contribution in [3.63, 3.8) is 0 Å². The van der Waals surface area contributed by atoms with E-state index >= 15 is 0 Å². The zero-order chi connectivity index (χ0) is 11.8. The first-order chi connectivity index (χ1) is 7.74. The highest BCUT2D eigenvalue weighted by molar-refractivity contribution is 5.77. The van der Waals surface area contributed by atoms with Gasteiger partial charge < -0.3 is 15.8 Å². The predicted molar refractivity (Wildman–Crippen MR) is 63.2 cm³/mol. The van der Waals surface area contributed by atoms with Gasteiger partial charge in [-0.05, 0) is 32.9 Å². The number of carbonyl (C=O) groups excluding carboxylic acids is 1. The first-order valence-corrected chi connectivity index (χ1v) is 6.02. The highest BCUT2D eigenvalue weighted by Gasteiger charge is 2.18. The lowest BCUT2D eigenvalue weighted by Gasteiger charge is -2.23. The molecule has 1 saturated heterocycles. The highest BCUT2D eigenvalue weighted by atomic mass is 16.5. The standard InChI is InChI=1S/C11H23N3O2/c1-10(14-5-2-3-6-14)8-13-11(15)9-16-7-4-12/h10H,2-9,12H2,1H3,(H,13,15). The van der Waals surface area contributed by atoms with Gasteiger partial charge in [-0.1, -0.05) is 0 Å². The van der Waals surface area contributed by atoms with Gasteiger partial charge in [0.15, 0.2) is 0 Å². The third-order valence-electron chi connectivity index (χ3n) is 2.85. The molecule has 1 rings (SSSR count). The largest absolute Gasteiger partial charge is 0.370 e. The predicted octanol–water partition coefficient (Wildman–Crippen LogP) is -0.438. The third kappa shape index (κ3) is 4.92. The van der Waals surface area contributed by atoms with E-state index in [4.69, 9.17) is 10.5 Å². The van der Waals surface area contributed by atoms with Crippen LogP contribution in [0.1, 0.15) is 19.8 Å². The quantitative estimate of drug-likeness (QED) is 0.581. The van der Waals surface area contributed by atoms with Crippen molar-refractivity contribution in [1.82, 2.24) is 10.2 Å². The molecule has 1 aliphatic heterocycles. The maximum absolute atomic E-state index is 11.3. The third-order valence-corrected chi connectivity index (χ3v) is 2.85. The van der Waals surface area contributed by atoms with Gasteiger partial charge in [0.25, 0.3) is 0 Å². The first-order valence-electron chi connectivity index (χ1n) is 6.02. The second kappa shape index (κ2) is 7.60. The molecule has 3 N–H and O–H groups in total. The Morgan fingerprint density at radius 2 is 2.19 bits per heavy atom. The number of hydrogen-bond acceptors (Lipinski definition) is 4. The van der Waals surface area contributed by atoms with E-state index in [1.807, 2.05) is 0 Å². The van der Waals surface area contributed by atoms with E-state index < -0.39 is 0 Å². The lowest BCUT2D eigenvalue weighted by molar-refractivity contribution is -0.125. The molecule has 0 aromatic rings. The van der Waals surface area contributed by atoms with Gasteiger partial charge in [-0.15, -0.1) is 0 Å². The average Bonchev–Trinajstić information content (AvgIpc) is 2.79. The smallest absolute Gasteiger partial charge is 0.246 e. The molecular weight excluding hydrogens is 206 g/mol. The summed E-state index contributed by atoms with van der Waals surface area (Å²) in [6.07, 6.45) is 2.55. The molecular formula is C11H23N3O2. The number of nitrogens with zero attached hydrogens (tertiary/aromatic N) is 1. The Balaban J connectivity index is 2.06. The van der Waals surface area contributed by atoms with Crippen molar-refractivity contribution in [2.75, 3.05) is 39.4 Å². The van der Waals surface area contributed by atoms with Crippen LogP contribution in [0.3, 0.4) is 0 Å². The lowest BCUT2D eigenvalue weighted by Crippen LogP contribution is -2.41. The summed E-state index contributed by atoms with van der Waals surface area (Å²) in [5.41, 5.74) is 5.26. The van der Waals surface area contributed by atoms with Crippen molar-refractivity contribution in [2.45, 2.75) is 25.8 Å². The molecule has 1 fully saturated rings. The lowest BCUT2D eigenvalue weighted by atomic mass is 10.3. The fraction of sp³-hybridized carbons (Fsp3) is 0.909. The Labute approximate surface area is 97.3 Å². The Morgan fingerprint density at radius 1 is 1.50 bits per heavy atom. The Hall–Kier alpha value is -0.650. The number of ether oxygens (including phenoxy) is 1. The zero-order valence-corrected chi connectivity index (χ0v) is 10.1. The molecule has 1 aliphatic rings. The van der Waals surface area contributed by atoms with Crippen LogP contribution >= 0.6 is 0 Å². The maximum atomic E-state index is 11.3. The molecule has 5 nitrogen and oxygen atoms in total. The molecule has 0 aliphatic carbocycles. The van der Waals surface area contributed by atoms with Crippen LogP contribution in [0.25, 0.3) is 0 Å². The number of amides is 1. The van der Waals surface area contributed by atoms with Crippen molar-refractivity contribution >= 4 is 5.91 Å². The van der Waals surface area contributed by atoms with Gasteiger partial charge >= 0.3 is 0 Å². The fourth-order valence-corrected chi connectivity index (χ4v) is 1.87. The van der Waals surface area contributed by atoms with E-state index in [9.17, 15) is 4.79 Å². The summed E-state index contributed by atoms with van der Waals surface area (Å²) < 4.78 is 5.05. The van der Waals surface area contributed by atoms with E-state index in [0.29, 0.717) is 25.7 Å². The summed E-state index contributed by atoms with van der Waals surface area (Å²) in [4.78, 5) is 13.7. The van der Waals surface area contributed by atoms with Crippen LogP contribution in [0.2, 0.25) is 0 Å². The average molecular weight is 229 g/mol. The highest BCUT2D eigenvalue weighted by Crippen LogP contribution is 2.10. The number of hydrogen-bond donors (Lipinski definition) is 2. The van der Waals surface area contributed by atoms with Gasteiger partial charge in [-0.25, -0.2) is 0 Å². The van der Waals surface area contributed by atoms with Crippen LogP contribution in [-0.4, -0.2) is 56.2 Å². The molecule has 16 heavy (non-hydrogen) atoms.